The first kappa shape index (κ1) is 22.0. The number of hydrogen-bond acceptors (Lipinski definition) is 4. The molecule has 142 valence electrons. The van der Waals surface area contributed by atoms with E-state index < -0.39 is 0 Å². The molecule has 0 heterocycles. The lowest BCUT2D eigenvalue weighted by Gasteiger charge is -2.13. The topological polar surface area (TPSA) is 73.6 Å². The van der Waals surface area contributed by atoms with Crippen molar-refractivity contribution >= 4 is 18.3 Å². The highest BCUT2D eigenvalue weighted by Crippen LogP contribution is 2.20. The van der Waals surface area contributed by atoms with Gasteiger partial charge >= 0.3 is 0 Å². The molecule has 2 aromatic carbocycles. The maximum Gasteiger partial charge on any atom is 0.251 e. The van der Waals surface area contributed by atoms with Crippen LogP contribution in [0, 0.1) is 6.92 Å². The molecule has 0 aliphatic carbocycles. The van der Waals surface area contributed by atoms with Gasteiger partial charge in [-0.1, -0.05) is 24.3 Å². The van der Waals surface area contributed by atoms with E-state index in [9.17, 15) is 4.79 Å². The van der Waals surface area contributed by atoms with Crippen molar-refractivity contribution in [3.05, 3.63) is 64.7 Å². The summed E-state index contributed by atoms with van der Waals surface area (Å²) in [5.74, 6) is 0.685. The molecule has 0 aliphatic heterocycles. The quantitative estimate of drug-likeness (QED) is 0.657. The van der Waals surface area contributed by atoms with Gasteiger partial charge in [-0.2, -0.15) is 0 Å². The highest BCUT2D eigenvalue weighted by molar-refractivity contribution is 5.94. The zero-order valence-electron chi connectivity index (χ0n) is 15.3. The van der Waals surface area contributed by atoms with Crippen molar-refractivity contribution in [2.45, 2.75) is 26.4 Å². The van der Waals surface area contributed by atoms with Crippen molar-refractivity contribution in [2.24, 2.45) is 5.73 Å². The zero-order chi connectivity index (χ0) is 18.1. The van der Waals surface area contributed by atoms with E-state index in [-0.39, 0.29) is 18.3 Å². The minimum Gasteiger partial charge on any atom is -0.493 e. The molecule has 6 heteroatoms. The molecule has 5 nitrogen and oxygen atoms in total. The van der Waals surface area contributed by atoms with Crippen LogP contribution in [0.5, 0.6) is 5.75 Å². The summed E-state index contributed by atoms with van der Waals surface area (Å²) in [5.41, 5.74) is 9.27. The van der Waals surface area contributed by atoms with Crippen LogP contribution in [0.3, 0.4) is 0 Å². The van der Waals surface area contributed by atoms with Gasteiger partial charge in [-0.25, -0.2) is 0 Å². The summed E-state index contributed by atoms with van der Waals surface area (Å²) < 4.78 is 10.9. The molecule has 2 aromatic rings. The lowest BCUT2D eigenvalue weighted by Crippen LogP contribution is -2.23. The summed E-state index contributed by atoms with van der Waals surface area (Å²) in [6.07, 6.45) is 0.823. The lowest BCUT2D eigenvalue weighted by atomic mass is 10.1. The average molecular weight is 379 g/mol. The predicted molar refractivity (Wildman–Crippen MR) is 106 cm³/mol. The number of nitrogens with two attached hydrogens (primary N) is 1. The van der Waals surface area contributed by atoms with Crippen LogP contribution in [0.2, 0.25) is 0 Å². The van der Waals surface area contributed by atoms with Gasteiger partial charge in [0.1, 0.15) is 5.75 Å². The molecule has 0 fully saturated rings. The summed E-state index contributed by atoms with van der Waals surface area (Å²) in [6.45, 7) is 4.14. The van der Waals surface area contributed by atoms with Crippen LogP contribution in [0.1, 0.15) is 33.5 Å². The summed E-state index contributed by atoms with van der Waals surface area (Å²) in [5, 5.41) is 2.94. The van der Waals surface area contributed by atoms with Crippen LogP contribution in [-0.2, 0) is 17.8 Å². The van der Waals surface area contributed by atoms with E-state index in [1.807, 2.05) is 37.3 Å². The third-order valence-corrected chi connectivity index (χ3v) is 3.86. The van der Waals surface area contributed by atoms with E-state index in [0.717, 1.165) is 28.9 Å². The number of carbonyl (C=O) groups excluding carboxylic acids is 1. The molecule has 0 atom stereocenters. The van der Waals surface area contributed by atoms with Gasteiger partial charge in [0, 0.05) is 44.4 Å². The van der Waals surface area contributed by atoms with Crippen molar-refractivity contribution in [3.63, 3.8) is 0 Å². The average Bonchev–Trinajstić information content (AvgIpc) is 2.64. The van der Waals surface area contributed by atoms with Crippen LogP contribution in [0.4, 0.5) is 0 Å². The summed E-state index contributed by atoms with van der Waals surface area (Å²) in [4.78, 5) is 12.3. The fourth-order valence-corrected chi connectivity index (χ4v) is 2.40. The molecular formula is C20H27ClN2O3. The van der Waals surface area contributed by atoms with E-state index in [4.69, 9.17) is 15.2 Å². The van der Waals surface area contributed by atoms with Gasteiger partial charge in [-0.3, -0.25) is 4.79 Å². The fraction of sp³-hybridized carbons (Fsp3) is 0.350. The molecule has 2 rings (SSSR count). The lowest BCUT2D eigenvalue weighted by molar-refractivity contribution is 0.0950. The number of aryl methyl sites for hydroxylation is 1. The van der Waals surface area contributed by atoms with E-state index in [2.05, 4.69) is 5.32 Å². The van der Waals surface area contributed by atoms with Crippen LogP contribution in [0.25, 0.3) is 0 Å². The molecule has 0 aliphatic rings. The molecule has 0 unspecified atom stereocenters. The number of carbonyl (C=O) groups is 1. The van der Waals surface area contributed by atoms with E-state index in [1.165, 1.54) is 0 Å². The van der Waals surface area contributed by atoms with Crippen LogP contribution in [0.15, 0.2) is 42.5 Å². The second-order valence-electron chi connectivity index (χ2n) is 5.89. The highest BCUT2D eigenvalue weighted by Gasteiger charge is 2.09. The third-order valence-electron chi connectivity index (χ3n) is 3.86. The van der Waals surface area contributed by atoms with E-state index >= 15 is 0 Å². The Morgan fingerprint density at radius 1 is 1.12 bits per heavy atom. The summed E-state index contributed by atoms with van der Waals surface area (Å²) >= 11 is 0. The monoisotopic (exact) mass is 378 g/mol. The maximum atomic E-state index is 12.3. The van der Waals surface area contributed by atoms with E-state index in [1.54, 1.807) is 19.2 Å². The molecule has 0 aromatic heterocycles. The number of hydrogen-bond donors (Lipinski definition) is 2. The molecule has 0 radical (unpaired) electrons. The number of ether oxygens (including phenoxy) is 2. The fourth-order valence-electron chi connectivity index (χ4n) is 2.40. The Hall–Kier alpha value is -2.08. The summed E-state index contributed by atoms with van der Waals surface area (Å²) in [7, 11) is 1.67. The molecule has 3 N–H and O–H groups in total. The maximum absolute atomic E-state index is 12.3. The predicted octanol–water partition coefficient (Wildman–Crippen LogP) is 3.22. The van der Waals surface area contributed by atoms with Crippen molar-refractivity contribution in [1.82, 2.24) is 5.32 Å². The van der Waals surface area contributed by atoms with Crippen LogP contribution < -0.4 is 15.8 Å². The van der Waals surface area contributed by atoms with E-state index in [0.29, 0.717) is 31.9 Å². The Morgan fingerprint density at radius 2 is 1.85 bits per heavy atom. The van der Waals surface area contributed by atoms with Gasteiger partial charge in [0.25, 0.3) is 5.91 Å². The van der Waals surface area contributed by atoms with Crippen molar-refractivity contribution in [2.75, 3.05) is 20.3 Å². The molecule has 0 saturated carbocycles. The van der Waals surface area contributed by atoms with Crippen molar-refractivity contribution < 1.29 is 14.3 Å². The Bertz CT molecular complexity index is 690. The van der Waals surface area contributed by atoms with Crippen molar-refractivity contribution in [1.29, 1.82) is 0 Å². The minimum absolute atomic E-state index is 0. The molecule has 1 amide bonds. The number of nitrogens with one attached hydrogen (secondary N) is 1. The van der Waals surface area contributed by atoms with Gasteiger partial charge in [0.05, 0.1) is 6.61 Å². The normalized spacial score (nSPS) is 10.1. The largest absolute Gasteiger partial charge is 0.493 e. The van der Waals surface area contributed by atoms with Gasteiger partial charge in [0.2, 0.25) is 0 Å². The zero-order valence-corrected chi connectivity index (χ0v) is 16.1. The second-order valence-corrected chi connectivity index (χ2v) is 5.89. The SMILES string of the molecule is COCCCOc1cc(C)ccc1CNC(=O)c1ccc(CN)cc1.Cl. The smallest absolute Gasteiger partial charge is 0.251 e. The highest BCUT2D eigenvalue weighted by atomic mass is 35.5. The summed E-state index contributed by atoms with van der Waals surface area (Å²) in [6, 6.07) is 13.3. The molecular weight excluding hydrogens is 352 g/mol. The van der Waals surface area contributed by atoms with Gasteiger partial charge in [0.15, 0.2) is 0 Å². The third kappa shape index (κ3) is 6.67. The van der Waals surface area contributed by atoms with Gasteiger partial charge in [-0.05, 0) is 36.2 Å². The number of rotatable bonds is 9. The molecule has 26 heavy (non-hydrogen) atoms. The first-order chi connectivity index (χ1) is 12.1. The second kappa shape index (κ2) is 11.5. The minimum atomic E-state index is -0.116. The Morgan fingerprint density at radius 3 is 2.50 bits per heavy atom. The first-order valence-corrected chi connectivity index (χ1v) is 8.42. The Balaban J connectivity index is 0.00000338. The first-order valence-electron chi connectivity index (χ1n) is 8.42. The van der Waals surface area contributed by atoms with Crippen molar-refractivity contribution in [3.8, 4) is 5.75 Å². The van der Waals surface area contributed by atoms with Gasteiger partial charge in [-0.15, -0.1) is 12.4 Å². The molecule has 0 spiro atoms. The molecule has 0 bridgehead atoms. The number of benzene rings is 2. The van der Waals surface area contributed by atoms with Gasteiger partial charge < -0.3 is 20.5 Å². The number of halogens is 1. The number of amides is 1. The Kier molecular flexibility index (Phi) is 9.73. The molecule has 0 saturated heterocycles. The van der Waals surface area contributed by atoms with Crippen LogP contribution >= 0.6 is 12.4 Å². The number of methoxy groups -OCH3 is 1. The van der Waals surface area contributed by atoms with Crippen LogP contribution in [-0.4, -0.2) is 26.2 Å². The standard InChI is InChI=1S/C20H26N2O3.ClH/c1-15-4-7-18(19(12-15)25-11-3-10-24-2)14-22-20(23)17-8-5-16(13-21)6-9-17;/h4-9,12H,3,10-11,13-14,21H2,1-2H3,(H,22,23);1H. The Labute approximate surface area is 161 Å².